The van der Waals surface area contributed by atoms with Crippen molar-refractivity contribution in [3.05, 3.63) is 30.3 Å². The standard InChI is InChI=1S/C12H14F3NO3S/c13-12(14,15)10-5-4-8-16(9-10)20(17,18)19-11-6-2-1-3-7-11/h1-3,6-7,10H,4-5,8-9H2. The quantitative estimate of drug-likeness (QED) is 0.862. The Bertz CT molecular complexity index is 545. The molecule has 8 heteroatoms. The molecule has 2 rings (SSSR count). The number of halogens is 3. The van der Waals surface area contributed by atoms with Crippen molar-refractivity contribution in [3.63, 3.8) is 0 Å². The van der Waals surface area contributed by atoms with Gasteiger partial charge in [-0.25, -0.2) is 0 Å². The Morgan fingerprint density at radius 1 is 1.20 bits per heavy atom. The van der Waals surface area contributed by atoms with Gasteiger partial charge in [-0.05, 0) is 25.0 Å². The van der Waals surface area contributed by atoms with Crippen molar-refractivity contribution in [1.82, 2.24) is 4.31 Å². The van der Waals surface area contributed by atoms with E-state index in [1.54, 1.807) is 18.2 Å². The normalized spacial score (nSPS) is 21.6. The second-order valence-corrected chi connectivity index (χ2v) is 6.13. The second kappa shape index (κ2) is 5.61. The van der Waals surface area contributed by atoms with Gasteiger partial charge in [0.2, 0.25) is 0 Å². The van der Waals surface area contributed by atoms with Gasteiger partial charge in [-0.1, -0.05) is 18.2 Å². The highest BCUT2D eigenvalue weighted by molar-refractivity contribution is 7.84. The van der Waals surface area contributed by atoms with Gasteiger partial charge in [0, 0.05) is 13.1 Å². The van der Waals surface area contributed by atoms with Crippen molar-refractivity contribution in [2.75, 3.05) is 13.1 Å². The molecule has 1 fully saturated rings. The van der Waals surface area contributed by atoms with Gasteiger partial charge in [-0.3, -0.25) is 0 Å². The minimum Gasteiger partial charge on any atom is -0.371 e. The molecule has 0 saturated carbocycles. The zero-order valence-corrected chi connectivity index (χ0v) is 11.3. The number of alkyl halides is 3. The topological polar surface area (TPSA) is 46.6 Å². The van der Waals surface area contributed by atoms with Crippen LogP contribution in [-0.2, 0) is 10.3 Å². The second-order valence-electron chi connectivity index (χ2n) is 4.59. The summed E-state index contributed by atoms with van der Waals surface area (Å²) < 4.78 is 67.5. The fraction of sp³-hybridized carbons (Fsp3) is 0.500. The van der Waals surface area contributed by atoms with Gasteiger partial charge >= 0.3 is 16.5 Å². The number of nitrogens with zero attached hydrogens (tertiary/aromatic N) is 1. The van der Waals surface area contributed by atoms with E-state index in [1.807, 2.05) is 0 Å². The Morgan fingerprint density at radius 2 is 1.85 bits per heavy atom. The fourth-order valence-electron chi connectivity index (χ4n) is 2.06. The molecular formula is C12H14F3NO3S. The molecule has 0 bridgehead atoms. The van der Waals surface area contributed by atoms with E-state index in [-0.39, 0.29) is 25.1 Å². The van der Waals surface area contributed by atoms with E-state index in [9.17, 15) is 21.6 Å². The van der Waals surface area contributed by atoms with Crippen molar-refractivity contribution < 1.29 is 25.8 Å². The van der Waals surface area contributed by atoms with Gasteiger partial charge < -0.3 is 4.18 Å². The van der Waals surface area contributed by atoms with Crippen LogP contribution in [0, 0.1) is 5.92 Å². The summed E-state index contributed by atoms with van der Waals surface area (Å²) >= 11 is 0. The summed E-state index contributed by atoms with van der Waals surface area (Å²) in [7, 11) is -4.20. The maximum atomic E-state index is 12.7. The molecule has 0 amide bonds. The van der Waals surface area contributed by atoms with Crippen LogP contribution < -0.4 is 4.18 Å². The van der Waals surface area contributed by atoms with Crippen LogP contribution in [0.1, 0.15) is 12.8 Å². The molecule has 4 nitrogen and oxygen atoms in total. The number of piperidine rings is 1. The van der Waals surface area contributed by atoms with Gasteiger partial charge in [-0.15, -0.1) is 0 Å². The highest BCUT2D eigenvalue weighted by atomic mass is 32.2. The van der Waals surface area contributed by atoms with E-state index in [1.165, 1.54) is 12.1 Å². The van der Waals surface area contributed by atoms with Crippen LogP contribution in [0.25, 0.3) is 0 Å². The van der Waals surface area contributed by atoms with Crippen LogP contribution in [-0.4, -0.2) is 32.0 Å². The summed E-state index contributed by atoms with van der Waals surface area (Å²) in [4.78, 5) is 0. The summed E-state index contributed by atoms with van der Waals surface area (Å²) in [5.74, 6) is -1.55. The average molecular weight is 309 g/mol. The van der Waals surface area contributed by atoms with Crippen LogP contribution in [0.5, 0.6) is 5.75 Å². The lowest BCUT2D eigenvalue weighted by atomic mass is 9.99. The smallest absolute Gasteiger partial charge is 0.371 e. The van der Waals surface area contributed by atoms with E-state index >= 15 is 0 Å². The SMILES string of the molecule is O=S(=O)(Oc1ccccc1)N1CCCC(C(F)(F)F)C1. The Balaban J connectivity index is 2.10. The van der Waals surface area contributed by atoms with Crippen molar-refractivity contribution in [2.24, 2.45) is 5.92 Å². The minimum atomic E-state index is -4.39. The summed E-state index contributed by atoms with van der Waals surface area (Å²) in [6.45, 7) is -0.541. The lowest BCUT2D eigenvalue weighted by Gasteiger charge is -2.32. The first kappa shape index (κ1) is 15.1. The Kier molecular flexibility index (Phi) is 4.24. The molecule has 1 heterocycles. The van der Waals surface area contributed by atoms with E-state index in [0.717, 1.165) is 4.31 Å². The fourth-order valence-corrected chi connectivity index (χ4v) is 3.24. The number of hydrogen-bond donors (Lipinski definition) is 0. The molecular weight excluding hydrogens is 295 g/mol. The van der Waals surface area contributed by atoms with Crippen molar-refractivity contribution in [2.45, 2.75) is 19.0 Å². The molecule has 0 aromatic heterocycles. The third kappa shape index (κ3) is 3.63. The molecule has 0 radical (unpaired) electrons. The first-order valence-corrected chi connectivity index (χ1v) is 7.47. The molecule has 1 aliphatic rings. The number of rotatable bonds is 3. The maximum Gasteiger partial charge on any atom is 0.393 e. The van der Waals surface area contributed by atoms with Gasteiger partial charge in [-0.2, -0.15) is 25.9 Å². The third-order valence-electron chi connectivity index (χ3n) is 3.11. The summed E-state index contributed by atoms with van der Waals surface area (Å²) in [6, 6.07) is 7.71. The third-order valence-corrected chi connectivity index (χ3v) is 4.48. The zero-order chi connectivity index (χ0) is 14.8. The van der Waals surface area contributed by atoms with Crippen molar-refractivity contribution >= 4 is 10.3 Å². The lowest BCUT2D eigenvalue weighted by Crippen LogP contribution is -2.45. The highest BCUT2D eigenvalue weighted by Crippen LogP contribution is 2.34. The maximum absolute atomic E-state index is 12.7. The van der Waals surface area contributed by atoms with E-state index < -0.39 is 28.9 Å². The highest BCUT2D eigenvalue weighted by Gasteiger charge is 2.44. The number of hydrogen-bond acceptors (Lipinski definition) is 3. The van der Waals surface area contributed by atoms with Crippen LogP contribution in [0.3, 0.4) is 0 Å². The Morgan fingerprint density at radius 3 is 2.45 bits per heavy atom. The van der Waals surface area contributed by atoms with Crippen LogP contribution in [0.2, 0.25) is 0 Å². The van der Waals surface area contributed by atoms with Gasteiger partial charge in [0.1, 0.15) is 5.75 Å². The molecule has 1 atom stereocenters. The molecule has 112 valence electrons. The molecule has 1 aromatic carbocycles. The molecule has 0 N–H and O–H groups in total. The van der Waals surface area contributed by atoms with Crippen molar-refractivity contribution in [3.8, 4) is 5.75 Å². The molecule has 20 heavy (non-hydrogen) atoms. The lowest BCUT2D eigenvalue weighted by molar-refractivity contribution is -0.182. The van der Waals surface area contributed by atoms with Gasteiger partial charge in [0.15, 0.2) is 0 Å². The predicted octanol–water partition coefficient (Wildman–Crippen LogP) is 2.58. The Hall–Kier alpha value is -1.28. The van der Waals surface area contributed by atoms with E-state index in [2.05, 4.69) is 0 Å². The molecule has 0 aliphatic carbocycles. The summed E-state index contributed by atoms with van der Waals surface area (Å²) in [5.41, 5.74) is 0. The number of benzene rings is 1. The van der Waals surface area contributed by atoms with Crippen LogP contribution in [0.4, 0.5) is 13.2 Å². The van der Waals surface area contributed by atoms with Crippen molar-refractivity contribution in [1.29, 1.82) is 0 Å². The van der Waals surface area contributed by atoms with Gasteiger partial charge in [0.25, 0.3) is 0 Å². The van der Waals surface area contributed by atoms with E-state index in [4.69, 9.17) is 4.18 Å². The van der Waals surface area contributed by atoms with Gasteiger partial charge in [0.05, 0.1) is 5.92 Å². The predicted molar refractivity (Wildman–Crippen MR) is 66.3 cm³/mol. The first-order chi connectivity index (χ1) is 9.29. The monoisotopic (exact) mass is 309 g/mol. The summed E-state index contributed by atoms with van der Waals surface area (Å²) in [6.07, 6.45) is -4.27. The molecule has 0 spiro atoms. The summed E-state index contributed by atoms with van der Waals surface area (Å²) in [5, 5.41) is 0. The molecule has 1 aliphatic heterocycles. The zero-order valence-electron chi connectivity index (χ0n) is 10.5. The Labute approximate surface area is 115 Å². The average Bonchev–Trinajstić information content (AvgIpc) is 2.38. The molecule has 1 unspecified atom stereocenters. The van der Waals surface area contributed by atoms with E-state index in [0.29, 0.717) is 0 Å². The first-order valence-electron chi connectivity index (χ1n) is 6.10. The molecule has 1 aromatic rings. The molecule has 1 saturated heterocycles. The largest absolute Gasteiger partial charge is 0.393 e. The van der Waals surface area contributed by atoms with Crippen LogP contribution in [0.15, 0.2) is 30.3 Å². The minimum absolute atomic E-state index is 0.0434. The van der Waals surface area contributed by atoms with Crippen LogP contribution >= 0.6 is 0 Å². The number of para-hydroxylation sites is 1.